The largest absolute Gasteiger partial charge is 0.388 e. The fraction of sp³-hybridized carbons (Fsp3) is 0.818. The fourth-order valence-electron chi connectivity index (χ4n) is 2.50. The number of nitrogens with zero attached hydrogens (tertiary/aromatic N) is 3. The van der Waals surface area contributed by atoms with Gasteiger partial charge in [0, 0.05) is 18.6 Å². The molecule has 1 aliphatic heterocycles. The molecule has 1 saturated heterocycles. The summed E-state index contributed by atoms with van der Waals surface area (Å²) in [7, 11) is 0. The van der Waals surface area contributed by atoms with Crippen LogP contribution in [-0.4, -0.2) is 32.6 Å². The molecule has 3 rings (SSSR count). The van der Waals surface area contributed by atoms with E-state index < -0.39 is 0 Å². The Morgan fingerprint density at radius 3 is 2.75 bits per heavy atom. The molecule has 1 N–H and O–H groups in total. The molecule has 2 atom stereocenters. The van der Waals surface area contributed by atoms with Gasteiger partial charge in [-0.2, -0.15) is 0 Å². The first kappa shape index (κ1) is 10.2. The van der Waals surface area contributed by atoms with Gasteiger partial charge in [0.15, 0.2) is 5.82 Å². The second-order valence-electron chi connectivity index (χ2n) is 4.70. The Hall–Kier alpha value is -0.940. The minimum atomic E-state index is -0.0224. The molecular formula is C11H17N3O2. The van der Waals surface area contributed by atoms with E-state index in [9.17, 15) is 5.11 Å². The van der Waals surface area contributed by atoms with Crippen LogP contribution in [-0.2, 0) is 11.3 Å². The zero-order valence-corrected chi connectivity index (χ0v) is 9.46. The normalized spacial score (nSPS) is 29.9. The lowest BCUT2D eigenvalue weighted by atomic mass is 10.0. The SMILES string of the molecule is CC1OCCC1c1nnc(CO)n1C1CC1. The van der Waals surface area contributed by atoms with Crippen LogP contribution in [0.25, 0.3) is 0 Å². The maximum absolute atomic E-state index is 9.26. The molecule has 1 saturated carbocycles. The van der Waals surface area contributed by atoms with Crippen molar-refractivity contribution in [3.63, 3.8) is 0 Å². The lowest BCUT2D eigenvalue weighted by Crippen LogP contribution is -2.16. The Morgan fingerprint density at radius 2 is 2.19 bits per heavy atom. The Balaban J connectivity index is 1.96. The lowest BCUT2D eigenvalue weighted by molar-refractivity contribution is 0.116. The monoisotopic (exact) mass is 223 g/mol. The molecule has 1 aromatic heterocycles. The highest BCUT2D eigenvalue weighted by Gasteiger charge is 2.36. The molecule has 1 aromatic rings. The molecule has 2 unspecified atom stereocenters. The van der Waals surface area contributed by atoms with Crippen LogP contribution >= 0.6 is 0 Å². The Kier molecular flexibility index (Phi) is 2.44. The first-order valence-electron chi connectivity index (χ1n) is 5.97. The molecule has 1 aliphatic carbocycles. The van der Waals surface area contributed by atoms with Gasteiger partial charge in [0.05, 0.1) is 6.10 Å². The summed E-state index contributed by atoms with van der Waals surface area (Å²) in [4.78, 5) is 0. The summed E-state index contributed by atoms with van der Waals surface area (Å²) in [5, 5.41) is 17.6. The zero-order chi connectivity index (χ0) is 11.1. The van der Waals surface area contributed by atoms with Crippen LogP contribution in [0.15, 0.2) is 0 Å². The molecule has 0 aromatic carbocycles. The van der Waals surface area contributed by atoms with Crippen molar-refractivity contribution in [1.82, 2.24) is 14.8 Å². The second kappa shape index (κ2) is 3.82. The van der Waals surface area contributed by atoms with Crippen LogP contribution in [0, 0.1) is 0 Å². The summed E-state index contributed by atoms with van der Waals surface area (Å²) in [6, 6.07) is 0.514. The van der Waals surface area contributed by atoms with Crippen LogP contribution in [0.2, 0.25) is 0 Å². The van der Waals surface area contributed by atoms with Gasteiger partial charge in [0.25, 0.3) is 0 Å². The molecule has 0 bridgehead atoms. The number of hydrogen-bond donors (Lipinski definition) is 1. The number of hydrogen-bond acceptors (Lipinski definition) is 4. The highest BCUT2D eigenvalue weighted by atomic mass is 16.5. The van der Waals surface area contributed by atoms with Gasteiger partial charge in [-0.15, -0.1) is 10.2 Å². The number of ether oxygens (including phenoxy) is 1. The van der Waals surface area contributed by atoms with Crippen molar-refractivity contribution in [3.8, 4) is 0 Å². The maximum atomic E-state index is 9.26. The van der Waals surface area contributed by atoms with Gasteiger partial charge in [-0.05, 0) is 26.2 Å². The summed E-state index contributed by atoms with van der Waals surface area (Å²) in [6.45, 7) is 2.87. The van der Waals surface area contributed by atoms with Crippen LogP contribution in [0.3, 0.4) is 0 Å². The topological polar surface area (TPSA) is 60.2 Å². The summed E-state index contributed by atoms with van der Waals surface area (Å²) in [5.41, 5.74) is 0. The van der Waals surface area contributed by atoms with E-state index in [4.69, 9.17) is 4.74 Å². The Labute approximate surface area is 94.4 Å². The predicted molar refractivity (Wildman–Crippen MR) is 57.0 cm³/mol. The van der Waals surface area contributed by atoms with Crippen molar-refractivity contribution in [2.45, 2.75) is 50.9 Å². The molecule has 88 valence electrons. The highest BCUT2D eigenvalue weighted by molar-refractivity contribution is 5.09. The summed E-state index contributed by atoms with van der Waals surface area (Å²) in [6.07, 6.45) is 3.59. The van der Waals surface area contributed by atoms with Gasteiger partial charge in [-0.1, -0.05) is 0 Å². The van der Waals surface area contributed by atoms with Crippen molar-refractivity contribution in [2.75, 3.05) is 6.61 Å². The fourth-order valence-corrected chi connectivity index (χ4v) is 2.50. The smallest absolute Gasteiger partial charge is 0.159 e. The first-order valence-corrected chi connectivity index (χ1v) is 5.97. The molecular weight excluding hydrogens is 206 g/mol. The van der Waals surface area contributed by atoms with Crippen LogP contribution in [0.1, 0.15) is 49.8 Å². The maximum Gasteiger partial charge on any atom is 0.159 e. The van der Waals surface area contributed by atoms with Crippen molar-refractivity contribution >= 4 is 0 Å². The predicted octanol–water partition coefficient (Wildman–Crippen LogP) is 0.998. The molecule has 2 fully saturated rings. The van der Waals surface area contributed by atoms with Gasteiger partial charge < -0.3 is 14.4 Å². The third-order valence-corrected chi connectivity index (χ3v) is 3.55. The summed E-state index contributed by atoms with van der Waals surface area (Å²) in [5.74, 6) is 2.06. The molecule has 0 amide bonds. The van der Waals surface area contributed by atoms with E-state index in [2.05, 4.69) is 21.7 Å². The van der Waals surface area contributed by atoms with E-state index in [0.29, 0.717) is 17.8 Å². The number of aliphatic hydroxyl groups is 1. The summed E-state index contributed by atoms with van der Waals surface area (Å²) >= 11 is 0. The molecule has 0 spiro atoms. The lowest BCUT2D eigenvalue weighted by Gasteiger charge is -2.15. The van der Waals surface area contributed by atoms with Crippen molar-refractivity contribution in [1.29, 1.82) is 0 Å². The van der Waals surface area contributed by atoms with Gasteiger partial charge in [0.2, 0.25) is 0 Å². The van der Waals surface area contributed by atoms with Gasteiger partial charge in [0.1, 0.15) is 12.4 Å². The van der Waals surface area contributed by atoms with Gasteiger partial charge in [-0.25, -0.2) is 0 Å². The average molecular weight is 223 g/mol. The van der Waals surface area contributed by atoms with Crippen molar-refractivity contribution in [3.05, 3.63) is 11.6 Å². The highest BCUT2D eigenvalue weighted by Crippen LogP contribution is 2.40. The van der Waals surface area contributed by atoms with E-state index in [1.165, 1.54) is 12.8 Å². The minimum Gasteiger partial charge on any atom is -0.388 e. The van der Waals surface area contributed by atoms with Gasteiger partial charge >= 0.3 is 0 Å². The molecule has 2 aliphatic rings. The van der Waals surface area contributed by atoms with E-state index in [-0.39, 0.29) is 12.7 Å². The third-order valence-electron chi connectivity index (χ3n) is 3.55. The molecule has 2 heterocycles. The Morgan fingerprint density at radius 1 is 1.38 bits per heavy atom. The first-order chi connectivity index (χ1) is 7.81. The quantitative estimate of drug-likeness (QED) is 0.830. The average Bonchev–Trinajstić information content (AvgIpc) is 2.90. The van der Waals surface area contributed by atoms with E-state index >= 15 is 0 Å². The van der Waals surface area contributed by atoms with Crippen molar-refractivity contribution < 1.29 is 9.84 Å². The van der Waals surface area contributed by atoms with E-state index in [1.807, 2.05) is 0 Å². The number of aromatic nitrogens is 3. The molecule has 5 nitrogen and oxygen atoms in total. The Bertz CT molecular complexity index is 387. The van der Waals surface area contributed by atoms with E-state index in [0.717, 1.165) is 18.9 Å². The summed E-state index contributed by atoms with van der Waals surface area (Å²) < 4.78 is 7.71. The van der Waals surface area contributed by atoms with Gasteiger partial charge in [-0.3, -0.25) is 0 Å². The molecule has 16 heavy (non-hydrogen) atoms. The molecule has 5 heteroatoms. The minimum absolute atomic E-state index is 0.0224. The van der Waals surface area contributed by atoms with E-state index in [1.54, 1.807) is 0 Å². The van der Waals surface area contributed by atoms with Crippen LogP contribution < -0.4 is 0 Å². The van der Waals surface area contributed by atoms with Crippen LogP contribution in [0.4, 0.5) is 0 Å². The number of rotatable bonds is 3. The zero-order valence-electron chi connectivity index (χ0n) is 9.46. The number of aliphatic hydroxyl groups excluding tert-OH is 1. The van der Waals surface area contributed by atoms with Crippen molar-refractivity contribution in [2.24, 2.45) is 0 Å². The molecule has 0 radical (unpaired) electrons. The third kappa shape index (κ3) is 1.55. The standard InChI is InChI=1S/C11H17N3O2/c1-7-9(4-5-16-7)11-13-12-10(6-15)14(11)8-2-3-8/h7-9,15H,2-6H2,1H3. The van der Waals surface area contributed by atoms with Crippen LogP contribution in [0.5, 0.6) is 0 Å². The second-order valence-corrected chi connectivity index (χ2v) is 4.70.